The number of hydrogen-bond donors (Lipinski definition) is 1. The van der Waals surface area contributed by atoms with Crippen molar-refractivity contribution >= 4 is 80.3 Å². The number of para-hydroxylation sites is 1. The van der Waals surface area contributed by atoms with Crippen molar-refractivity contribution in [2.24, 2.45) is 0 Å². The Morgan fingerprint density at radius 2 is 1.33 bits per heavy atom. The number of anilines is 1. The maximum atomic E-state index is 13.9. The largest absolute Gasteiger partial charge is 0.384 e. The number of fused-ring (bicyclic) bond motifs is 2. The van der Waals surface area contributed by atoms with Crippen LogP contribution in [0.25, 0.3) is 38.0 Å². The average molecular weight is 732 g/mol. The van der Waals surface area contributed by atoms with Crippen LogP contribution in [0.5, 0.6) is 0 Å². The van der Waals surface area contributed by atoms with Crippen molar-refractivity contribution in [3.63, 3.8) is 0 Å². The number of pyridine rings is 1. The predicted octanol–water partition coefficient (Wildman–Crippen LogP) is 4.54. The predicted molar refractivity (Wildman–Crippen MR) is 208 cm³/mol. The quantitative estimate of drug-likeness (QED) is 0.0845. The SMILES string of the molecule is CN(C)CCn1c(=O)c2ccc(NCCCN(C)CCCN3C(=O)c4cccc5cccc(c45)C3=O)c3c(=O)c4ccccc4n(c1=O)c23.Cl.Cl. The molecular formula is C38H40Cl2N6O5. The third kappa shape index (κ3) is 6.58. The Bertz CT molecular complexity index is 2410. The number of rotatable bonds is 12. The Hall–Kier alpha value is -4.81. The van der Waals surface area contributed by atoms with Gasteiger partial charge in [0.25, 0.3) is 17.4 Å². The molecule has 0 aliphatic carbocycles. The molecule has 1 aliphatic rings. The summed E-state index contributed by atoms with van der Waals surface area (Å²) < 4.78 is 2.76. The Labute approximate surface area is 306 Å². The minimum atomic E-state index is -0.464. The molecule has 0 saturated carbocycles. The Morgan fingerprint density at radius 1 is 0.667 bits per heavy atom. The van der Waals surface area contributed by atoms with E-state index in [0.29, 0.717) is 76.6 Å². The van der Waals surface area contributed by atoms with E-state index in [1.807, 2.05) is 50.3 Å². The van der Waals surface area contributed by atoms with Gasteiger partial charge >= 0.3 is 5.69 Å². The van der Waals surface area contributed by atoms with Gasteiger partial charge in [-0.05, 0) is 88.9 Å². The number of amides is 2. The molecule has 11 nitrogen and oxygen atoms in total. The van der Waals surface area contributed by atoms with Crippen molar-refractivity contribution in [2.45, 2.75) is 19.4 Å². The van der Waals surface area contributed by atoms with E-state index in [4.69, 9.17) is 0 Å². The molecule has 2 amide bonds. The van der Waals surface area contributed by atoms with Crippen LogP contribution in [0, 0.1) is 0 Å². The molecule has 51 heavy (non-hydrogen) atoms. The highest BCUT2D eigenvalue weighted by Gasteiger charge is 2.32. The minimum absolute atomic E-state index is 0. The van der Waals surface area contributed by atoms with Gasteiger partial charge in [-0.25, -0.2) is 4.79 Å². The van der Waals surface area contributed by atoms with Crippen molar-refractivity contribution in [1.82, 2.24) is 23.7 Å². The van der Waals surface area contributed by atoms with Gasteiger partial charge in [-0.15, -0.1) is 24.8 Å². The molecule has 0 unspecified atom stereocenters. The number of nitrogens with zero attached hydrogens (tertiary/aromatic N) is 5. The van der Waals surface area contributed by atoms with Crippen LogP contribution in [0.4, 0.5) is 5.69 Å². The molecular weight excluding hydrogens is 691 g/mol. The van der Waals surface area contributed by atoms with E-state index >= 15 is 0 Å². The Kier molecular flexibility index (Phi) is 11.2. The highest BCUT2D eigenvalue weighted by molar-refractivity contribution is 6.25. The standard InChI is InChI=1S/C38H38N6O5.2ClH/c1-40(2)22-23-43-37(48)28-16-17-29(32-33(28)44(38(43)49)30-15-5-4-12-25(30)34(32)45)39-18-8-19-41(3)20-9-21-42-35(46)26-13-6-10-24-11-7-14-27(31(24)26)36(42)47;;/h4-7,10-17,39H,8-9,18-23H2,1-3H3;2*1H. The van der Waals surface area contributed by atoms with Gasteiger partial charge in [0, 0.05) is 53.8 Å². The summed E-state index contributed by atoms with van der Waals surface area (Å²) in [4.78, 5) is 73.0. The van der Waals surface area contributed by atoms with Gasteiger partial charge in [0.2, 0.25) is 0 Å². The fourth-order valence-corrected chi connectivity index (χ4v) is 7.00. The zero-order chi connectivity index (χ0) is 34.4. The number of hydrogen-bond acceptors (Lipinski definition) is 8. The van der Waals surface area contributed by atoms with E-state index in [0.717, 1.165) is 23.7 Å². The fourth-order valence-electron chi connectivity index (χ4n) is 7.00. The van der Waals surface area contributed by atoms with Gasteiger partial charge < -0.3 is 15.1 Å². The molecule has 4 aromatic carbocycles. The van der Waals surface area contributed by atoms with Crippen LogP contribution < -0.4 is 22.0 Å². The van der Waals surface area contributed by atoms with Crippen molar-refractivity contribution < 1.29 is 9.59 Å². The summed E-state index contributed by atoms with van der Waals surface area (Å²) in [6.45, 7) is 3.04. The molecule has 0 fully saturated rings. The lowest BCUT2D eigenvalue weighted by molar-refractivity contribution is 0.0605. The van der Waals surface area contributed by atoms with Gasteiger partial charge in [0.05, 0.1) is 21.8 Å². The number of carbonyl (C=O) groups excluding carboxylic acids is 2. The van der Waals surface area contributed by atoms with Crippen molar-refractivity contribution in [2.75, 3.05) is 59.2 Å². The third-order valence-corrected chi connectivity index (χ3v) is 9.50. The average Bonchev–Trinajstić information content (AvgIpc) is 3.10. The maximum Gasteiger partial charge on any atom is 0.336 e. The van der Waals surface area contributed by atoms with E-state index in [2.05, 4.69) is 10.2 Å². The molecule has 2 aromatic heterocycles. The number of aromatic nitrogens is 2. The van der Waals surface area contributed by atoms with Gasteiger partial charge in [-0.3, -0.25) is 33.0 Å². The van der Waals surface area contributed by atoms with Crippen molar-refractivity contribution in [1.29, 1.82) is 0 Å². The summed E-state index contributed by atoms with van der Waals surface area (Å²) in [6, 6.07) is 21.5. The van der Waals surface area contributed by atoms with Crippen LogP contribution in [0.2, 0.25) is 0 Å². The van der Waals surface area contributed by atoms with Crippen LogP contribution in [0.1, 0.15) is 33.6 Å². The lowest BCUT2D eigenvalue weighted by Crippen LogP contribution is -2.41. The second-order valence-corrected chi connectivity index (χ2v) is 13.0. The zero-order valence-electron chi connectivity index (χ0n) is 28.7. The number of benzene rings is 4. The number of likely N-dealkylation sites (N-methyl/N-ethyl adjacent to an activating group) is 1. The monoisotopic (exact) mass is 730 g/mol. The molecule has 266 valence electrons. The third-order valence-electron chi connectivity index (χ3n) is 9.50. The Morgan fingerprint density at radius 3 is 2.02 bits per heavy atom. The summed E-state index contributed by atoms with van der Waals surface area (Å²) in [5, 5.41) is 6.07. The number of nitrogens with one attached hydrogen (secondary N) is 1. The molecule has 1 N–H and O–H groups in total. The van der Waals surface area contributed by atoms with E-state index in [9.17, 15) is 24.0 Å². The maximum absolute atomic E-state index is 13.9. The molecule has 0 saturated heterocycles. The molecule has 0 spiro atoms. The summed E-state index contributed by atoms with van der Waals surface area (Å²) >= 11 is 0. The van der Waals surface area contributed by atoms with Crippen molar-refractivity contribution in [3.05, 3.63) is 115 Å². The first-order valence-electron chi connectivity index (χ1n) is 16.6. The van der Waals surface area contributed by atoms with E-state index < -0.39 is 11.2 Å². The number of imide groups is 1. The lowest BCUT2D eigenvalue weighted by Gasteiger charge is -2.28. The van der Waals surface area contributed by atoms with Gasteiger partial charge in [-0.2, -0.15) is 0 Å². The fraction of sp³-hybridized carbons (Fsp3) is 0.289. The first-order valence-corrected chi connectivity index (χ1v) is 16.6. The van der Waals surface area contributed by atoms with Crippen LogP contribution in [-0.4, -0.2) is 89.3 Å². The van der Waals surface area contributed by atoms with Gasteiger partial charge in [0.1, 0.15) is 0 Å². The molecule has 0 radical (unpaired) electrons. The highest BCUT2D eigenvalue weighted by Crippen LogP contribution is 2.30. The lowest BCUT2D eigenvalue weighted by atomic mass is 9.94. The molecule has 3 heterocycles. The first-order chi connectivity index (χ1) is 23.7. The van der Waals surface area contributed by atoms with Gasteiger partial charge in [-0.1, -0.05) is 36.4 Å². The van der Waals surface area contributed by atoms with Crippen LogP contribution in [-0.2, 0) is 6.54 Å². The van der Waals surface area contributed by atoms with E-state index in [1.165, 1.54) is 13.9 Å². The molecule has 1 aliphatic heterocycles. The summed E-state index contributed by atoms with van der Waals surface area (Å²) in [7, 11) is 5.76. The minimum Gasteiger partial charge on any atom is -0.384 e. The van der Waals surface area contributed by atoms with Crippen molar-refractivity contribution in [3.8, 4) is 0 Å². The first kappa shape index (κ1) is 37.4. The van der Waals surface area contributed by atoms with E-state index in [1.54, 1.807) is 48.5 Å². The van der Waals surface area contributed by atoms with Crippen LogP contribution in [0.3, 0.4) is 0 Å². The second kappa shape index (κ2) is 15.2. The van der Waals surface area contributed by atoms with Crippen LogP contribution in [0.15, 0.2) is 87.2 Å². The smallest absolute Gasteiger partial charge is 0.336 e. The van der Waals surface area contributed by atoms with Crippen LogP contribution >= 0.6 is 24.8 Å². The zero-order valence-corrected chi connectivity index (χ0v) is 30.3. The molecule has 0 atom stereocenters. The summed E-state index contributed by atoms with van der Waals surface area (Å²) in [6.07, 6.45) is 1.38. The topological polar surface area (TPSA) is 116 Å². The van der Waals surface area contributed by atoms with E-state index in [-0.39, 0.29) is 48.6 Å². The summed E-state index contributed by atoms with van der Waals surface area (Å²) in [5.41, 5.74) is 1.41. The molecule has 7 rings (SSSR count). The number of carbonyl (C=O) groups is 2. The summed E-state index contributed by atoms with van der Waals surface area (Å²) in [5.74, 6) is -0.508. The highest BCUT2D eigenvalue weighted by atomic mass is 35.5. The normalized spacial score (nSPS) is 12.8. The Balaban J connectivity index is 0.00000252. The molecule has 13 heteroatoms. The molecule has 6 aromatic rings. The number of halogens is 2. The van der Waals surface area contributed by atoms with Gasteiger partial charge in [0.15, 0.2) is 5.43 Å². The second-order valence-electron chi connectivity index (χ2n) is 13.0. The molecule has 0 bridgehead atoms.